The van der Waals surface area contributed by atoms with E-state index in [-0.39, 0.29) is 11.9 Å². The van der Waals surface area contributed by atoms with E-state index in [1.165, 1.54) is 7.11 Å². The summed E-state index contributed by atoms with van der Waals surface area (Å²) >= 11 is 5.89. The lowest BCUT2D eigenvalue weighted by Gasteiger charge is -2.09. The number of carbonyl (C=O) groups is 1. The van der Waals surface area contributed by atoms with Crippen LogP contribution in [0, 0.1) is 0 Å². The minimum atomic E-state index is 0.0730. The first-order valence-corrected chi connectivity index (χ1v) is 5.85. The van der Waals surface area contributed by atoms with Crippen molar-refractivity contribution >= 4 is 17.4 Å². The van der Waals surface area contributed by atoms with Crippen LogP contribution in [0.3, 0.4) is 0 Å². The zero-order chi connectivity index (χ0) is 12.8. The molecule has 1 aromatic rings. The quantitative estimate of drug-likeness (QED) is 0.733. The standard InChI is InChI=1S/C13H17ClO3/c1-9(16-2)4-7-12(15)10-5-6-11(14)13(8-10)17-3/h5-6,8-9H,4,7H2,1-3H3. The fourth-order valence-electron chi connectivity index (χ4n) is 1.43. The average Bonchev–Trinajstić information content (AvgIpc) is 2.35. The topological polar surface area (TPSA) is 35.5 Å². The van der Waals surface area contributed by atoms with Crippen molar-refractivity contribution in [3.63, 3.8) is 0 Å². The predicted octanol–water partition coefficient (Wildman–Crippen LogP) is 3.35. The van der Waals surface area contributed by atoms with E-state index in [9.17, 15) is 4.79 Å². The molecule has 0 heterocycles. The van der Waals surface area contributed by atoms with E-state index < -0.39 is 0 Å². The number of carbonyl (C=O) groups excluding carboxylic acids is 1. The highest BCUT2D eigenvalue weighted by atomic mass is 35.5. The molecule has 0 aliphatic heterocycles. The van der Waals surface area contributed by atoms with Gasteiger partial charge in [0.2, 0.25) is 0 Å². The van der Waals surface area contributed by atoms with Crippen molar-refractivity contribution in [2.24, 2.45) is 0 Å². The summed E-state index contributed by atoms with van der Waals surface area (Å²) in [4.78, 5) is 11.9. The summed E-state index contributed by atoms with van der Waals surface area (Å²) in [5, 5.41) is 0.509. The van der Waals surface area contributed by atoms with Gasteiger partial charge in [-0.25, -0.2) is 0 Å². The minimum absolute atomic E-state index is 0.0730. The summed E-state index contributed by atoms with van der Waals surface area (Å²) in [6, 6.07) is 5.06. The molecule has 1 rings (SSSR count). The van der Waals surface area contributed by atoms with E-state index in [0.29, 0.717) is 29.2 Å². The van der Waals surface area contributed by atoms with Gasteiger partial charge >= 0.3 is 0 Å². The lowest BCUT2D eigenvalue weighted by atomic mass is 10.0. The number of benzene rings is 1. The van der Waals surface area contributed by atoms with Crippen molar-refractivity contribution in [1.82, 2.24) is 0 Å². The van der Waals surface area contributed by atoms with E-state index in [2.05, 4.69) is 0 Å². The summed E-state index contributed by atoms with van der Waals surface area (Å²) in [5.41, 5.74) is 0.620. The first-order valence-electron chi connectivity index (χ1n) is 5.48. The Morgan fingerprint density at radius 1 is 1.41 bits per heavy atom. The molecule has 1 aromatic carbocycles. The SMILES string of the molecule is COc1cc(C(=O)CCC(C)OC)ccc1Cl. The van der Waals surface area contributed by atoms with Gasteiger partial charge in [0.1, 0.15) is 5.75 Å². The van der Waals surface area contributed by atoms with E-state index >= 15 is 0 Å². The Bertz CT molecular complexity index is 390. The van der Waals surface area contributed by atoms with Crippen molar-refractivity contribution in [3.8, 4) is 5.75 Å². The molecule has 4 heteroatoms. The van der Waals surface area contributed by atoms with Crippen LogP contribution < -0.4 is 4.74 Å². The molecule has 0 saturated carbocycles. The van der Waals surface area contributed by atoms with Gasteiger partial charge in [0.05, 0.1) is 18.2 Å². The van der Waals surface area contributed by atoms with Gasteiger partial charge in [-0.2, -0.15) is 0 Å². The highest BCUT2D eigenvalue weighted by Gasteiger charge is 2.11. The van der Waals surface area contributed by atoms with Crippen molar-refractivity contribution in [1.29, 1.82) is 0 Å². The Hall–Kier alpha value is -1.06. The van der Waals surface area contributed by atoms with Gasteiger partial charge in [-0.05, 0) is 31.5 Å². The molecule has 0 aliphatic carbocycles. The molecule has 0 saturated heterocycles. The van der Waals surface area contributed by atoms with E-state index in [1.807, 2.05) is 6.92 Å². The maximum Gasteiger partial charge on any atom is 0.163 e. The number of ether oxygens (including phenoxy) is 2. The van der Waals surface area contributed by atoms with Crippen LogP contribution in [0.2, 0.25) is 5.02 Å². The van der Waals surface area contributed by atoms with Gasteiger partial charge in [-0.15, -0.1) is 0 Å². The minimum Gasteiger partial charge on any atom is -0.495 e. The lowest BCUT2D eigenvalue weighted by molar-refractivity contribution is 0.0877. The van der Waals surface area contributed by atoms with Crippen molar-refractivity contribution in [3.05, 3.63) is 28.8 Å². The summed E-state index contributed by atoms with van der Waals surface area (Å²) in [5.74, 6) is 0.598. The molecule has 0 radical (unpaired) electrons. The molecule has 17 heavy (non-hydrogen) atoms. The first-order chi connectivity index (χ1) is 8.08. The van der Waals surface area contributed by atoms with Crippen molar-refractivity contribution in [2.75, 3.05) is 14.2 Å². The zero-order valence-electron chi connectivity index (χ0n) is 10.3. The number of hydrogen-bond acceptors (Lipinski definition) is 3. The maximum atomic E-state index is 11.9. The maximum absolute atomic E-state index is 11.9. The molecular formula is C13H17ClO3. The normalized spacial score (nSPS) is 12.2. The average molecular weight is 257 g/mol. The Balaban J connectivity index is 2.69. The van der Waals surface area contributed by atoms with E-state index in [1.54, 1.807) is 25.3 Å². The van der Waals surface area contributed by atoms with Crippen LogP contribution in [-0.4, -0.2) is 26.1 Å². The Labute approximate surface area is 107 Å². The van der Waals surface area contributed by atoms with Crippen LogP contribution in [0.5, 0.6) is 5.75 Å². The van der Waals surface area contributed by atoms with Crippen LogP contribution in [0.4, 0.5) is 0 Å². The lowest BCUT2D eigenvalue weighted by Crippen LogP contribution is -2.08. The number of Topliss-reactive ketones (excluding diaryl/α,β-unsaturated/α-hetero) is 1. The molecule has 0 fully saturated rings. The molecule has 0 aliphatic rings. The monoisotopic (exact) mass is 256 g/mol. The van der Waals surface area contributed by atoms with Crippen molar-refractivity contribution in [2.45, 2.75) is 25.9 Å². The van der Waals surface area contributed by atoms with Crippen LogP contribution in [-0.2, 0) is 4.74 Å². The highest BCUT2D eigenvalue weighted by molar-refractivity contribution is 6.32. The Morgan fingerprint density at radius 2 is 2.12 bits per heavy atom. The molecule has 1 unspecified atom stereocenters. The smallest absolute Gasteiger partial charge is 0.163 e. The molecule has 0 bridgehead atoms. The number of hydrogen-bond donors (Lipinski definition) is 0. The number of methoxy groups -OCH3 is 2. The zero-order valence-corrected chi connectivity index (χ0v) is 11.1. The second-order valence-corrected chi connectivity index (χ2v) is 4.26. The Morgan fingerprint density at radius 3 is 2.71 bits per heavy atom. The third kappa shape index (κ3) is 4.02. The van der Waals surface area contributed by atoms with Gasteiger partial charge < -0.3 is 9.47 Å². The van der Waals surface area contributed by atoms with Gasteiger partial charge in [0.15, 0.2) is 5.78 Å². The van der Waals surface area contributed by atoms with Gasteiger partial charge in [0.25, 0.3) is 0 Å². The van der Waals surface area contributed by atoms with Gasteiger partial charge in [0, 0.05) is 19.1 Å². The summed E-state index contributed by atoms with van der Waals surface area (Å²) < 4.78 is 10.2. The van der Waals surface area contributed by atoms with Crippen LogP contribution in [0.1, 0.15) is 30.1 Å². The number of ketones is 1. The van der Waals surface area contributed by atoms with Crippen LogP contribution >= 0.6 is 11.6 Å². The van der Waals surface area contributed by atoms with Crippen LogP contribution in [0.25, 0.3) is 0 Å². The van der Waals surface area contributed by atoms with E-state index in [0.717, 1.165) is 0 Å². The summed E-state index contributed by atoms with van der Waals surface area (Å²) in [6.07, 6.45) is 1.26. The van der Waals surface area contributed by atoms with E-state index in [4.69, 9.17) is 21.1 Å². The highest BCUT2D eigenvalue weighted by Crippen LogP contribution is 2.25. The first kappa shape index (κ1) is 14.0. The molecule has 94 valence electrons. The van der Waals surface area contributed by atoms with Gasteiger partial charge in [-0.1, -0.05) is 11.6 Å². The fraction of sp³-hybridized carbons (Fsp3) is 0.462. The fourth-order valence-corrected chi connectivity index (χ4v) is 1.62. The summed E-state index contributed by atoms with van der Waals surface area (Å²) in [6.45, 7) is 1.94. The third-order valence-corrected chi connectivity index (χ3v) is 2.97. The largest absolute Gasteiger partial charge is 0.495 e. The molecule has 0 aromatic heterocycles. The molecular weight excluding hydrogens is 240 g/mol. The molecule has 3 nitrogen and oxygen atoms in total. The molecule has 1 atom stereocenters. The predicted molar refractivity (Wildman–Crippen MR) is 68.0 cm³/mol. The summed E-state index contributed by atoms with van der Waals surface area (Å²) in [7, 11) is 3.17. The van der Waals surface area contributed by atoms with Crippen molar-refractivity contribution < 1.29 is 14.3 Å². The Kier molecular flexibility index (Phi) is 5.45. The second-order valence-electron chi connectivity index (χ2n) is 3.86. The number of rotatable bonds is 6. The molecule has 0 amide bonds. The van der Waals surface area contributed by atoms with Crippen LogP contribution in [0.15, 0.2) is 18.2 Å². The molecule has 0 spiro atoms. The third-order valence-electron chi connectivity index (χ3n) is 2.65. The molecule has 0 N–H and O–H groups in total. The number of halogens is 1. The second kappa shape index (κ2) is 6.62. The van der Waals surface area contributed by atoms with Gasteiger partial charge in [-0.3, -0.25) is 4.79 Å².